The second-order valence-corrected chi connectivity index (χ2v) is 6.04. The number of anilines is 1. The maximum Gasteiger partial charge on any atom is 0.349 e. The van der Waals surface area contributed by atoms with Gasteiger partial charge in [-0.25, -0.2) is 9.78 Å². The third-order valence-corrected chi connectivity index (χ3v) is 4.71. The van der Waals surface area contributed by atoms with Crippen molar-refractivity contribution in [2.24, 2.45) is 5.92 Å². The van der Waals surface area contributed by atoms with Crippen LogP contribution < -0.4 is 4.90 Å². The fourth-order valence-corrected chi connectivity index (χ4v) is 3.40. The lowest BCUT2D eigenvalue weighted by atomic mass is 9.86. The predicted molar refractivity (Wildman–Crippen MR) is 73.3 cm³/mol. The average molecular weight is 268 g/mol. The summed E-state index contributed by atoms with van der Waals surface area (Å²) < 4.78 is 4.70. The van der Waals surface area contributed by atoms with E-state index in [2.05, 4.69) is 23.9 Å². The highest BCUT2D eigenvalue weighted by atomic mass is 32.1. The average Bonchev–Trinajstić information content (AvgIpc) is 2.86. The molecule has 0 saturated heterocycles. The van der Waals surface area contributed by atoms with Gasteiger partial charge in [-0.15, -0.1) is 0 Å². The summed E-state index contributed by atoms with van der Waals surface area (Å²) in [5, 5.41) is 0.912. The van der Waals surface area contributed by atoms with Crippen LogP contribution in [0.4, 0.5) is 5.13 Å². The van der Waals surface area contributed by atoms with Gasteiger partial charge in [-0.05, 0) is 18.8 Å². The van der Waals surface area contributed by atoms with Crippen molar-refractivity contribution in [1.29, 1.82) is 0 Å². The predicted octanol–water partition coefficient (Wildman–Crippen LogP) is 2.94. The van der Waals surface area contributed by atoms with E-state index in [1.807, 2.05) is 0 Å². The first-order valence-electron chi connectivity index (χ1n) is 6.38. The molecule has 1 aromatic rings. The summed E-state index contributed by atoms with van der Waals surface area (Å²) in [6.07, 6.45) is 6.65. The number of rotatable bonds is 3. The Kier molecular flexibility index (Phi) is 4.22. The highest BCUT2D eigenvalue weighted by molar-refractivity contribution is 7.17. The first-order valence-corrected chi connectivity index (χ1v) is 7.20. The molecule has 0 amide bonds. The molecule has 18 heavy (non-hydrogen) atoms. The topological polar surface area (TPSA) is 42.4 Å². The third kappa shape index (κ3) is 2.83. The number of hydrogen-bond acceptors (Lipinski definition) is 5. The SMILES string of the molecule is COC(=O)c1cnc(N(C)C2CCCC(C)C2)s1. The van der Waals surface area contributed by atoms with Crippen LogP contribution in [0.5, 0.6) is 0 Å². The number of hydrogen-bond donors (Lipinski definition) is 0. The third-order valence-electron chi connectivity index (χ3n) is 3.64. The minimum Gasteiger partial charge on any atom is -0.465 e. The number of thiazole rings is 1. The Bertz CT molecular complexity index is 419. The van der Waals surface area contributed by atoms with Crippen LogP contribution in [0.1, 0.15) is 42.3 Å². The van der Waals surface area contributed by atoms with Gasteiger partial charge < -0.3 is 9.64 Å². The fraction of sp³-hybridized carbons (Fsp3) is 0.692. The number of methoxy groups -OCH3 is 1. The maximum absolute atomic E-state index is 11.4. The van der Waals surface area contributed by atoms with Crippen LogP contribution in [0.2, 0.25) is 0 Å². The molecular weight excluding hydrogens is 248 g/mol. The monoisotopic (exact) mass is 268 g/mol. The van der Waals surface area contributed by atoms with Gasteiger partial charge in [-0.3, -0.25) is 0 Å². The van der Waals surface area contributed by atoms with Crippen molar-refractivity contribution in [2.75, 3.05) is 19.1 Å². The molecule has 1 heterocycles. The van der Waals surface area contributed by atoms with Gasteiger partial charge in [-0.2, -0.15) is 0 Å². The highest BCUT2D eigenvalue weighted by Gasteiger charge is 2.24. The van der Waals surface area contributed by atoms with Crippen LogP contribution >= 0.6 is 11.3 Å². The van der Waals surface area contributed by atoms with E-state index in [1.54, 1.807) is 6.20 Å². The molecule has 0 aromatic carbocycles. The van der Waals surface area contributed by atoms with E-state index in [0.29, 0.717) is 10.9 Å². The van der Waals surface area contributed by atoms with Crippen molar-refractivity contribution in [3.63, 3.8) is 0 Å². The van der Waals surface area contributed by atoms with Crippen molar-refractivity contribution in [1.82, 2.24) is 4.98 Å². The molecule has 1 aliphatic rings. The molecule has 0 spiro atoms. The number of carbonyl (C=O) groups excluding carboxylic acids is 1. The van der Waals surface area contributed by atoms with E-state index in [9.17, 15) is 4.79 Å². The van der Waals surface area contributed by atoms with Gasteiger partial charge >= 0.3 is 5.97 Å². The Labute approximate surface area is 112 Å². The largest absolute Gasteiger partial charge is 0.465 e. The van der Waals surface area contributed by atoms with Crippen LogP contribution in [0, 0.1) is 5.92 Å². The summed E-state index contributed by atoms with van der Waals surface area (Å²) in [4.78, 5) is 18.5. The Morgan fingerprint density at radius 3 is 3.00 bits per heavy atom. The zero-order valence-corrected chi connectivity index (χ0v) is 12.0. The summed E-state index contributed by atoms with van der Waals surface area (Å²) in [5.41, 5.74) is 0. The summed E-state index contributed by atoms with van der Waals surface area (Å²) in [6.45, 7) is 2.31. The van der Waals surface area contributed by atoms with Crippen LogP contribution in [0.15, 0.2) is 6.20 Å². The van der Waals surface area contributed by atoms with Crippen LogP contribution in [-0.2, 0) is 4.74 Å². The normalized spacial score (nSPS) is 23.7. The zero-order chi connectivity index (χ0) is 13.1. The molecule has 1 saturated carbocycles. The zero-order valence-electron chi connectivity index (χ0n) is 11.2. The van der Waals surface area contributed by atoms with E-state index >= 15 is 0 Å². The Hall–Kier alpha value is -1.10. The molecule has 1 fully saturated rings. The molecule has 1 aliphatic carbocycles. The van der Waals surface area contributed by atoms with Crippen molar-refractivity contribution < 1.29 is 9.53 Å². The van der Waals surface area contributed by atoms with Gasteiger partial charge in [0.05, 0.1) is 13.3 Å². The van der Waals surface area contributed by atoms with Gasteiger partial charge in [0.15, 0.2) is 5.13 Å². The van der Waals surface area contributed by atoms with Gasteiger partial charge in [0.25, 0.3) is 0 Å². The minimum atomic E-state index is -0.302. The molecule has 5 heteroatoms. The summed E-state index contributed by atoms with van der Waals surface area (Å²) in [7, 11) is 3.47. The van der Waals surface area contributed by atoms with Gasteiger partial charge in [0, 0.05) is 13.1 Å². The molecule has 0 aliphatic heterocycles. The number of nitrogens with zero attached hydrogens (tertiary/aromatic N) is 2. The number of aromatic nitrogens is 1. The molecule has 1 aromatic heterocycles. The van der Waals surface area contributed by atoms with Crippen molar-refractivity contribution >= 4 is 22.4 Å². The van der Waals surface area contributed by atoms with E-state index < -0.39 is 0 Å². The molecule has 0 bridgehead atoms. The fourth-order valence-electron chi connectivity index (χ4n) is 2.53. The van der Waals surface area contributed by atoms with Crippen molar-refractivity contribution in [3.8, 4) is 0 Å². The van der Waals surface area contributed by atoms with Gasteiger partial charge in [0.1, 0.15) is 4.88 Å². The van der Waals surface area contributed by atoms with Gasteiger partial charge in [0.2, 0.25) is 0 Å². The smallest absolute Gasteiger partial charge is 0.349 e. The minimum absolute atomic E-state index is 0.302. The highest BCUT2D eigenvalue weighted by Crippen LogP contribution is 2.31. The quantitative estimate of drug-likeness (QED) is 0.790. The van der Waals surface area contributed by atoms with E-state index in [-0.39, 0.29) is 5.97 Å². The number of carbonyl (C=O) groups is 1. The lowest BCUT2D eigenvalue weighted by Crippen LogP contribution is -2.35. The first kappa shape index (κ1) is 13.3. The van der Waals surface area contributed by atoms with E-state index in [1.165, 1.54) is 44.1 Å². The second-order valence-electron chi connectivity index (χ2n) is 5.04. The standard InChI is InChI=1S/C13H20N2O2S/c1-9-5-4-6-10(7-9)15(2)13-14-8-11(18-13)12(16)17-3/h8-10H,4-7H2,1-3H3. The van der Waals surface area contributed by atoms with Crippen LogP contribution in [0.3, 0.4) is 0 Å². The molecule has 2 atom stereocenters. The molecular formula is C13H20N2O2S. The number of ether oxygens (including phenoxy) is 1. The molecule has 0 N–H and O–H groups in total. The second kappa shape index (κ2) is 5.69. The van der Waals surface area contributed by atoms with Crippen LogP contribution in [0.25, 0.3) is 0 Å². The molecule has 100 valence electrons. The lowest BCUT2D eigenvalue weighted by Gasteiger charge is -2.33. The molecule has 2 rings (SSSR count). The Morgan fingerprint density at radius 1 is 1.56 bits per heavy atom. The van der Waals surface area contributed by atoms with Crippen molar-refractivity contribution in [3.05, 3.63) is 11.1 Å². The molecule has 4 nitrogen and oxygen atoms in total. The van der Waals surface area contributed by atoms with E-state index in [4.69, 9.17) is 4.74 Å². The molecule has 0 radical (unpaired) electrons. The Balaban J connectivity index is 2.06. The number of esters is 1. The lowest BCUT2D eigenvalue weighted by molar-refractivity contribution is 0.0606. The van der Waals surface area contributed by atoms with E-state index in [0.717, 1.165) is 11.0 Å². The Morgan fingerprint density at radius 2 is 2.33 bits per heavy atom. The summed E-state index contributed by atoms with van der Waals surface area (Å²) in [6, 6.07) is 0.547. The first-order chi connectivity index (χ1) is 8.61. The van der Waals surface area contributed by atoms with Crippen LogP contribution in [-0.4, -0.2) is 31.2 Å². The van der Waals surface area contributed by atoms with Gasteiger partial charge in [-0.1, -0.05) is 31.1 Å². The summed E-state index contributed by atoms with van der Waals surface area (Å²) in [5.74, 6) is 0.482. The van der Waals surface area contributed by atoms with Crippen molar-refractivity contribution in [2.45, 2.75) is 38.6 Å². The summed E-state index contributed by atoms with van der Waals surface area (Å²) >= 11 is 1.41. The maximum atomic E-state index is 11.4. The molecule has 2 unspecified atom stereocenters.